The van der Waals surface area contributed by atoms with Crippen LogP contribution in [-0.2, 0) is 19.6 Å². The van der Waals surface area contributed by atoms with E-state index >= 15 is 0 Å². The average molecular weight is 383 g/mol. The van der Waals surface area contributed by atoms with Crippen LogP contribution in [0.3, 0.4) is 0 Å². The van der Waals surface area contributed by atoms with E-state index in [0.717, 1.165) is 12.7 Å². The zero-order chi connectivity index (χ0) is 19.2. The van der Waals surface area contributed by atoms with Gasteiger partial charge in [0.25, 0.3) is 5.91 Å². The quantitative estimate of drug-likeness (QED) is 0.783. The molecule has 0 aromatic heterocycles. The minimum absolute atomic E-state index is 0.0392. The summed E-state index contributed by atoms with van der Waals surface area (Å²) in [5.41, 5.74) is 0.901. The molecule has 1 fully saturated rings. The highest BCUT2D eigenvalue weighted by Crippen LogP contribution is 2.14. The second-order valence-corrected chi connectivity index (χ2v) is 7.97. The fourth-order valence-corrected chi connectivity index (χ4v) is 3.36. The van der Waals surface area contributed by atoms with Gasteiger partial charge in [0.15, 0.2) is 0 Å². The van der Waals surface area contributed by atoms with Crippen LogP contribution in [0.15, 0.2) is 24.3 Å². The number of ether oxygens (including phenoxy) is 1. The molecule has 1 aliphatic heterocycles. The average Bonchev–Trinajstić information content (AvgIpc) is 2.84. The molecule has 0 atom stereocenters. The van der Waals surface area contributed by atoms with E-state index in [4.69, 9.17) is 4.74 Å². The third-order valence-electron chi connectivity index (χ3n) is 4.09. The lowest BCUT2D eigenvalue weighted by Gasteiger charge is -2.22. The Hall–Kier alpha value is -2.13. The Bertz CT molecular complexity index is 733. The van der Waals surface area contributed by atoms with Crippen molar-refractivity contribution in [2.45, 2.75) is 12.8 Å². The molecule has 9 heteroatoms. The van der Waals surface area contributed by atoms with Gasteiger partial charge in [0.05, 0.1) is 19.3 Å². The molecule has 0 spiro atoms. The molecule has 26 heavy (non-hydrogen) atoms. The van der Waals surface area contributed by atoms with Crippen molar-refractivity contribution in [1.82, 2.24) is 9.80 Å². The minimum Gasteiger partial charge on any atom is -0.384 e. The van der Waals surface area contributed by atoms with Crippen LogP contribution < -0.4 is 4.72 Å². The van der Waals surface area contributed by atoms with Crippen molar-refractivity contribution in [3.63, 3.8) is 0 Å². The van der Waals surface area contributed by atoms with E-state index in [9.17, 15) is 18.0 Å². The fraction of sp³-hybridized carbons (Fsp3) is 0.529. The van der Waals surface area contributed by atoms with Crippen LogP contribution in [0.5, 0.6) is 0 Å². The molecular formula is C17H25N3O5S. The molecule has 2 amide bonds. The highest BCUT2D eigenvalue weighted by atomic mass is 32.2. The minimum atomic E-state index is -3.35. The molecule has 144 valence electrons. The Kier molecular flexibility index (Phi) is 6.98. The highest BCUT2D eigenvalue weighted by molar-refractivity contribution is 7.92. The van der Waals surface area contributed by atoms with Crippen LogP contribution >= 0.6 is 0 Å². The van der Waals surface area contributed by atoms with Gasteiger partial charge in [0, 0.05) is 44.5 Å². The van der Waals surface area contributed by atoms with E-state index in [1.165, 1.54) is 0 Å². The van der Waals surface area contributed by atoms with E-state index in [2.05, 4.69) is 4.72 Å². The lowest BCUT2D eigenvalue weighted by molar-refractivity contribution is -0.132. The first-order chi connectivity index (χ1) is 12.3. The number of carbonyl (C=O) groups is 2. The van der Waals surface area contributed by atoms with Crippen LogP contribution in [0.2, 0.25) is 0 Å². The van der Waals surface area contributed by atoms with Crippen LogP contribution in [0.25, 0.3) is 0 Å². The monoisotopic (exact) mass is 383 g/mol. The van der Waals surface area contributed by atoms with Crippen molar-refractivity contribution in [2.75, 3.05) is 50.9 Å². The van der Waals surface area contributed by atoms with Gasteiger partial charge in [-0.2, -0.15) is 0 Å². The smallest absolute Gasteiger partial charge is 0.253 e. The molecule has 1 heterocycles. The van der Waals surface area contributed by atoms with Crippen LogP contribution in [-0.4, -0.2) is 76.2 Å². The molecule has 8 nitrogen and oxygen atoms in total. The summed E-state index contributed by atoms with van der Waals surface area (Å²) in [6.07, 6.45) is 2.14. The molecule has 1 aromatic rings. The molecule has 2 rings (SSSR count). The highest BCUT2D eigenvalue weighted by Gasteiger charge is 2.22. The van der Waals surface area contributed by atoms with Gasteiger partial charge in [-0.05, 0) is 30.7 Å². The van der Waals surface area contributed by atoms with E-state index < -0.39 is 10.0 Å². The summed E-state index contributed by atoms with van der Waals surface area (Å²) in [6.45, 7) is 2.58. The lowest BCUT2D eigenvalue weighted by Crippen LogP contribution is -2.37. The summed E-state index contributed by atoms with van der Waals surface area (Å²) in [7, 11) is -1.79. The Labute approximate surface area is 154 Å². The van der Waals surface area contributed by atoms with Gasteiger partial charge in [0.2, 0.25) is 15.9 Å². The first-order valence-electron chi connectivity index (χ1n) is 8.44. The van der Waals surface area contributed by atoms with Crippen molar-refractivity contribution in [3.8, 4) is 0 Å². The SMILES string of the molecule is COCCC(=O)N1CCCN(C(=O)c2ccc(NS(C)(=O)=O)cc2)CC1. The van der Waals surface area contributed by atoms with Crippen molar-refractivity contribution in [3.05, 3.63) is 29.8 Å². The molecular weight excluding hydrogens is 358 g/mol. The maximum Gasteiger partial charge on any atom is 0.253 e. The lowest BCUT2D eigenvalue weighted by atomic mass is 10.2. The van der Waals surface area contributed by atoms with Crippen molar-refractivity contribution < 1.29 is 22.7 Å². The first kappa shape index (κ1) is 20.2. The third kappa shape index (κ3) is 5.99. The van der Waals surface area contributed by atoms with E-state index in [1.807, 2.05) is 0 Å². The van der Waals surface area contributed by atoms with Gasteiger partial charge in [0.1, 0.15) is 0 Å². The van der Waals surface area contributed by atoms with Crippen LogP contribution in [0.1, 0.15) is 23.2 Å². The van der Waals surface area contributed by atoms with Gasteiger partial charge in [-0.15, -0.1) is 0 Å². The van der Waals surface area contributed by atoms with Crippen molar-refractivity contribution in [1.29, 1.82) is 0 Å². The first-order valence-corrected chi connectivity index (χ1v) is 10.3. The Balaban J connectivity index is 1.96. The zero-order valence-corrected chi connectivity index (χ0v) is 15.9. The van der Waals surface area contributed by atoms with Gasteiger partial charge >= 0.3 is 0 Å². The van der Waals surface area contributed by atoms with E-state index in [-0.39, 0.29) is 11.8 Å². The van der Waals surface area contributed by atoms with Crippen LogP contribution in [0, 0.1) is 0 Å². The van der Waals surface area contributed by atoms with E-state index in [0.29, 0.717) is 50.5 Å². The van der Waals surface area contributed by atoms with Gasteiger partial charge in [-0.1, -0.05) is 0 Å². The number of methoxy groups -OCH3 is 1. The number of nitrogens with one attached hydrogen (secondary N) is 1. The molecule has 1 N–H and O–H groups in total. The standard InChI is InChI=1S/C17H25N3O5S/c1-25-13-8-16(21)19-9-3-10-20(12-11-19)17(22)14-4-6-15(7-5-14)18-26(2,23)24/h4-7,18H,3,8-13H2,1-2H3. The summed E-state index contributed by atoms with van der Waals surface area (Å²) >= 11 is 0. The number of benzene rings is 1. The molecule has 1 aromatic carbocycles. The zero-order valence-electron chi connectivity index (χ0n) is 15.1. The van der Waals surface area contributed by atoms with Gasteiger partial charge in [-0.25, -0.2) is 8.42 Å². The summed E-state index contributed by atoms with van der Waals surface area (Å²) in [5.74, 6) is -0.0838. The topological polar surface area (TPSA) is 96.0 Å². The summed E-state index contributed by atoms with van der Waals surface area (Å²) < 4.78 is 29.8. The molecule has 1 saturated heterocycles. The molecule has 1 aliphatic rings. The second kappa shape index (κ2) is 9.00. The number of rotatable bonds is 6. The number of amides is 2. The predicted molar refractivity (Wildman–Crippen MR) is 98.5 cm³/mol. The molecule has 0 radical (unpaired) electrons. The second-order valence-electron chi connectivity index (χ2n) is 6.22. The van der Waals surface area contributed by atoms with E-state index in [1.54, 1.807) is 41.2 Å². The van der Waals surface area contributed by atoms with Gasteiger partial charge < -0.3 is 14.5 Å². The number of carbonyl (C=O) groups excluding carboxylic acids is 2. The Morgan fingerprint density at radius 1 is 1.08 bits per heavy atom. The van der Waals surface area contributed by atoms with Crippen molar-refractivity contribution >= 4 is 27.5 Å². The number of hydrogen-bond donors (Lipinski definition) is 1. The predicted octanol–water partition coefficient (Wildman–Crippen LogP) is 0.769. The Morgan fingerprint density at radius 2 is 1.69 bits per heavy atom. The molecule has 0 unspecified atom stereocenters. The number of nitrogens with zero attached hydrogens (tertiary/aromatic N) is 2. The fourth-order valence-electron chi connectivity index (χ4n) is 2.79. The summed E-state index contributed by atoms with van der Waals surface area (Å²) in [5, 5.41) is 0. The maximum atomic E-state index is 12.7. The summed E-state index contributed by atoms with van der Waals surface area (Å²) in [6, 6.07) is 6.32. The number of sulfonamides is 1. The Morgan fingerprint density at radius 3 is 2.31 bits per heavy atom. The normalized spacial score (nSPS) is 15.5. The third-order valence-corrected chi connectivity index (χ3v) is 4.70. The number of hydrogen-bond acceptors (Lipinski definition) is 5. The number of anilines is 1. The van der Waals surface area contributed by atoms with Crippen molar-refractivity contribution in [2.24, 2.45) is 0 Å². The summed E-state index contributed by atoms with van der Waals surface area (Å²) in [4.78, 5) is 28.2. The molecule has 0 saturated carbocycles. The van der Waals surface area contributed by atoms with Gasteiger partial charge in [-0.3, -0.25) is 14.3 Å². The molecule has 0 aliphatic carbocycles. The van der Waals surface area contributed by atoms with Crippen LogP contribution in [0.4, 0.5) is 5.69 Å². The molecule has 0 bridgehead atoms. The maximum absolute atomic E-state index is 12.7. The largest absolute Gasteiger partial charge is 0.384 e.